The second-order valence-corrected chi connectivity index (χ2v) is 5.78. The molecule has 2 nitrogen and oxygen atoms in total. The Morgan fingerprint density at radius 2 is 2.11 bits per heavy atom. The summed E-state index contributed by atoms with van der Waals surface area (Å²) >= 11 is 1.81. The fraction of sp³-hybridized carbons (Fsp3) is 0.438. The molecule has 104 valence electrons. The third-order valence-electron chi connectivity index (χ3n) is 3.04. The van der Waals surface area contributed by atoms with Crippen molar-refractivity contribution < 1.29 is 9.53 Å². The standard InChI is InChI=1S/C16H22O2S/c1-4-16(3,15(17)18-5-2)12-9-13-19-14-10-7-6-8-11-14/h4,6-8,10-11H,1,5,9,12-13H2,2-3H3/t16-/m0/s1. The SMILES string of the molecule is C=C[C@@](C)(CCCSc1ccccc1)C(=O)OCC. The van der Waals surface area contributed by atoms with Crippen molar-refractivity contribution >= 4 is 17.7 Å². The fourth-order valence-corrected chi connectivity index (χ4v) is 2.60. The molecule has 0 amide bonds. The molecule has 1 aromatic carbocycles. The molecule has 19 heavy (non-hydrogen) atoms. The number of rotatable bonds is 8. The Hall–Kier alpha value is -1.22. The highest BCUT2D eigenvalue weighted by Gasteiger charge is 2.30. The fourth-order valence-electron chi connectivity index (χ4n) is 1.73. The summed E-state index contributed by atoms with van der Waals surface area (Å²) in [5.74, 6) is 0.821. The van der Waals surface area contributed by atoms with Gasteiger partial charge in [0.05, 0.1) is 12.0 Å². The molecule has 0 aliphatic heterocycles. The Kier molecular flexibility index (Phi) is 6.71. The first-order valence-corrected chi connectivity index (χ1v) is 7.59. The molecule has 0 bridgehead atoms. The van der Waals surface area contributed by atoms with Crippen LogP contribution >= 0.6 is 11.8 Å². The Bertz CT molecular complexity index is 402. The first kappa shape index (κ1) is 15.8. The number of esters is 1. The maximum Gasteiger partial charge on any atom is 0.315 e. The van der Waals surface area contributed by atoms with E-state index in [2.05, 4.69) is 18.7 Å². The molecule has 0 unspecified atom stereocenters. The molecular formula is C16H22O2S. The second kappa shape index (κ2) is 8.05. The summed E-state index contributed by atoms with van der Waals surface area (Å²) in [6.07, 6.45) is 3.44. The van der Waals surface area contributed by atoms with Crippen LogP contribution in [0.4, 0.5) is 0 Å². The van der Waals surface area contributed by atoms with Crippen LogP contribution in [0.1, 0.15) is 26.7 Å². The minimum atomic E-state index is -0.562. The Balaban J connectivity index is 2.37. The maximum atomic E-state index is 11.9. The molecule has 0 saturated heterocycles. The van der Waals surface area contributed by atoms with Crippen LogP contribution in [-0.2, 0) is 9.53 Å². The molecule has 1 aromatic rings. The van der Waals surface area contributed by atoms with Crippen LogP contribution in [0.25, 0.3) is 0 Å². The number of carbonyl (C=O) groups excluding carboxylic acids is 1. The molecule has 0 aromatic heterocycles. The molecular weight excluding hydrogens is 256 g/mol. The van der Waals surface area contributed by atoms with Gasteiger partial charge in [0.2, 0.25) is 0 Å². The smallest absolute Gasteiger partial charge is 0.315 e. The van der Waals surface area contributed by atoms with E-state index in [0.717, 1.165) is 18.6 Å². The van der Waals surface area contributed by atoms with Gasteiger partial charge in [0.1, 0.15) is 0 Å². The summed E-state index contributed by atoms with van der Waals surface area (Å²) in [7, 11) is 0. The van der Waals surface area contributed by atoms with E-state index in [4.69, 9.17) is 4.74 Å². The van der Waals surface area contributed by atoms with Crippen molar-refractivity contribution in [3.8, 4) is 0 Å². The van der Waals surface area contributed by atoms with Crippen molar-refractivity contribution in [2.24, 2.45) is 5.41 Å². The van der Waals surface area contributed by atoms with Gasteiger partial charge in [0, 0.05) is 4.90 Å². The minimum Gasteiger partial charge on any atom is -0.465 e. The Morgan fingerprint density at radius 1 is 1.42 bits per heavy atom. The monoisotopic (exact) mass is 278 g/mol. The van der Waals surface area contributed by atoms with Gasteiger partial charge in [-0.1, -0.05) is 24.3 Å². The number of ether oxygens (including phenoxy) is 1. The topological polar surface area (TPSA) is 26.3 Å². The van der Waals surface area contributed by atoms with Gasteiger partial charge in [0.25, 0.3) is 0 Å². The summed E-state index contributed by atoms with van der Waals surface area (Å²) in [6, 6.07) is 10.3. The van der Waals surface area contributed by atoms with E-state index in [1.54, 1.807) is 6.08 Å². The third kappa shape index (κ3) is 5.11. The van der Waals surface area contributed by atoms with Crippen molar-refractivity contribution in [2.75, 3.05) is 12.4 Å². The molecule has 0 aliphatic carbocycles. The van der Waals surface area contributed by atoms with Gasteiger partial charge >= 0.3 is 5.97 Å². The second-order valence-electron chi connectivity index (χ2n) is 4.61. The Morgan fingerprint density at radius 3 is 2.68 bits per heavy atom. The molecule has 1 rings (SSSR count). The number of benzene rings is 1. The Labute approximate surface area is 120 Å². The zero-order valence-electron chi connectivity index (χ0n) is 11.7. The summed E-state index contributed by atoms with van der Waals surface area (Å²) in [4.78, 5) is 13.1. The van der Waals surface area contributed by atoms with E-state index in [-0.39, 0.29) is 5.97 Å². The minimum absolute atomic E-state index is 0.172. The van der Waals surface area contributed by atoms with Gasteiger partial charge in [-0.05, 0) is 44.6 Å². The van der Waals surface area contributed by atoms with Gasteiger partial charge in [0.15, 0.2) is 0 Å². The van der Waals surface area contributed by atoms with Crippen molar-refractivity contribution in [3.63, 3.8) is 0 Å². The van der Waals surface area contributed by atoms with E-state index in [1.807, 2.05) is 43.8 Å². The average Bonchev–Trinajstić information content (AvgIpc) is 2.44. The lowest BCUT2D eigenvalue weighted by atomic mass is 9.86. The highest BCUT2D eigenvalue weighted by atomic mass is 32.2. The van der Waals surface area contributed by atoms with E-state index in [1.165, 1.54) is 4.90 Å². The number of thioether (sulfide) groups is 1. The molecule has 0 heterocycles. The molecule has 0 spiro atoms. The third-order valence-corrected chi connectivity index (χ3v) is 4.14. The number of hydrogen-bond donors (Lipinski definition) is 0. The quantitative estimate of drug-likeness (QED) is 0.307. The molecule has 3 heteroatoms. The van der Waals surface area contributed by atoms with Crippen molar-refractivity contribution in [3.05, 3.63) is 43.0 Å². The first-order chi connectivity index (χ1) is 9.12. The van der Waals surface area contributed by atoms with Gasteiger partial charge in [-0.15, -0.1) is 18.3 Å². The predicted octanol–water partition coefficient (Wildman–Crippen LogP) is 4.31. The lowest BCUT2D eigenvalue weighted by Gasteiger charge is -2.23. The summed E-state index contributed by atoms with van der Waals surface area (Å²) in [5.41, 5.74) is -0.562. The van der Waals surface area contributed by atoms with Crippen LogP contribution in [0, 0.1) is 5.41 Å². The number of carbonyl (C=O) groups is 1. The van der Waals surface area contributed by atoms with E-state index < -0.39 is 5.41 Å². The van der Waals surface area contributed by atoms with Crippen molar-refractivity contribution in [1.29, 1.82) is 0 Å². The molecule has 1 atom stereocenters. The molecule has 0 aliphatic rings. The summed E-state index contributed by atoms with van der Waals surface area (Å²) in [6.45, 7) is 7.90. The molecule has 0 fully saturated rings. The van der Waals surface area contributed by atoms with Crippen molar-refractivity contribution in [1.82, 2.24) is 0 Å². The zero-order valence-corrected chi connectivity index (χ0v) is 12.5. The van der Waals surface area contributed by atoms with Crippen LogP contribution in [0.5, 0.6) is 0 Å². The number of hydrogen-bond acceptors (Lipinski definition) is 3. The van der Waals surface area contributed by atoms with Crippen LogP contribution < -0.4 is 0 Å². The maximum absolute atomic E-state index is 11.9. The lowest BCUT2D eigenvalue weighted by molar-refractivity contribution is -0.151. The lowest BCUT2D eigenvalue weighted by Crippen LogP contribution is -2.27. The predicted molar refractivity (Wildman–Crippen MR) is 81.3 cm³/mol. The van der Waals surface area contributed by atoms with Crippen LogP contribution in [0.3, 0.4) is 0 Å². The van der Waals surface area contributed by atoms with E-state index in [0.29, 0.717) is 6.61 Å². The molecule has 0 N–H and O–H groups in total. The summed E-state index contributed by atoms with van der Waals surface area (Å²) < 4.78 is 5.10. The largest absolute Gasteiger partial charge is 0.465 e. The van der Waals surface area contributed by atoms with E-state index >= 15 is 0 Å². The molecule has 0 radical (unpaired) electrons. The zero-order chi connectivity index (χ0) is 14.1. The van der Waals surface area contributed by atoms with Crippen LogP contribution in [0.2, 0.25) is 0 Å². The normalized spacial score (nSPS) is 13.6. The van der Waals surface area contributed by atoms with Gasteiger partial charge in [-0.25, -0.2) is 0 Å². The van der Waals surface area contributed by atoms with Gasteiger partial charge < -0.3 is 4.74 Å². The average molecular weight is 278 g/mol. The molecule has 0 saturated carbocycles. The van der Waals surface area contributed by atoms with Crippen LogP contribution in [0.15, 0.2) is 47.9 Å². The van der Waals surface area contributed by atoms with Crippen molar-refractivity contribution in [2.45, 2.75) is 31.6 Å². The first-order valence-electron chi connectivity index (χ1n) is 6.61. The van der Waals surface area contributed by atoms with Gasteiger partial charge in [-0.3, -0.25) is 4.79 Å². The van der Waals surface area contributed by atoms with Crippen LogP contribution in [-0.4, -0.2) is 18.3 Å². The van der Waals surface area contributed by atoms with E-state index in [9.17, 15) is 4.79 Å². The highest BCUT2D eigenvalue weighted by molar-refractivity contribution is 7.99. The highest BCUT2D eigenvalue weighted by Crippen LogP contribution is 2.28. The van der Waals surface area contributed by atoms with Gasteiger partial charge in [-0.2, -0.15) is 0 Å². The summed E-state index contributed by atoms with van der Waals surface area (Å²) in [5, 5.41) is 0.